The number of phenols is 1. The third-order valence-corrected chi connectivity index (χ3v) is 4.42. The van der Waals surface area contributed by atoms with Gasteiger partial charge in [-0.15, -0.1) is 0 Å². The topological polar surface area (TPSA) is 53.5 Å². The Bertz CT molecular complexity index is 792. The first-order valence-corrected chi connectivity index (χ1v) is 10.1. The summed E-state index contributed by atoms with van der Waals surface area (Å²) in [7, 11) is 0. The van der Waals surface area contributed by atoms with Gasteiger partial charge in [-0.3, -0.25) is 0 Å². The number of thiocarbonyl (C=S) groups is 1. The van der Waals surface area contributed by atoms with E-state index in [1.165, 1.54) is 0 Å². The number of ether oxygens (including phenoxy) is 1. The van der Waals surface area contributed by atoms with E-state index < -0.39 is 0 Å². The predicted molar refractivity (Wildman–Crippen MR) is 122 cm³/mol. The van der Waals surface area contributed by atoms with Crippen LogP contribution in [0.25, 0.3) is 0 Å². The number of rotatable bonds is 5. The van der Waals surface area contributed by atoms with Crippen molar-refractivity contribution in [1.82, 2.24) is 5.32 Å². The van der Waals surface area contributed by atoms with Crippen LogP contribution >= 0.6 is 12.2 Å². The summed E-state index contributed by atoms with van der Waals surface area (Å²) < 4.78 is 6.07. The van der Waals surface area contributed by atoms with Gasteiger partial charge in [0, 0.05) is 11.2 Å². The molecule has 0 saturated heterocycles. The summed E-state index contributed by atoms with van der Waals surface area (Å²) in [6, 6.07) is 10.9. The van der Waals surface area contributed by atoms with E-state index in [4.69, 9.17) is 17.0 Å². The molecule has 0 aliphatic heterocycles. The Morgan fingerprint density at radius 3 is 1.86 bits per heavy atom. The zero-order valence-electron chi connectivity index (χ0n) is 17.9. The van der Waals surface area contributed by atoms with Crippen LogP contribution in [0.5, 0.6) is 17.2 Å². The lowest BCUT2D eigenvalue weighted by Gasteiger charge is -2.27. The summed E-state index contributed by atoms with van der Waals surface area (Å²) in [5, 5.41) is 16.8. The molecule has 0 amide bonds. The lowest BCUT2D eigenvalue weighted by molar-refractivity contribution is 0.463. The maximum atomic E-state index is 9.48. The number of hydrogen-bond acceptors (Lipinski definition) is 3. The average molecular weight is 401 g/mol. The third-order valence-electron chi connectivity index (χ3n) is 4.22. The van der Waals surface area contributed by atoms with Gasteiger partial charge in [-0.2, -0.15) is 0 Å². The molecule has 0 spiro atoms. The summed E-state index contributed by atoms with van der Waals surface area (Å²) in [6.45, 7) is 14.9. The Morgan fingerprint density at radius 1 is 0.929 bits per heavy atom. The second-order valence-corrected chi connectivity index (χ2v) is 9.12. The molecule has 5 heteroatoms. The lowest BCUT2D eigenvalue weighted by atomic mass is 9.92. The molecule has 0 aromatic heterocycles. The average Bonchev–Trinajstić information content (AvgIpc) is 2.55. The number of benzene rings is 2. The van der Waals surface area contributed by atoms with Crippen LogP contribution in [-0.4, -0.2) is 15.8 Å². The molecule has 3 N–H and O–H groups in total. The first-order valence-electron chi connectivity index (χ1n) is 9.70. The SMILES string of the molecule is CC(C)c1cc(Oc2ccc(O)cc2)cc(C(C)C)c1NC(=S)NC(C)(C)C. The number of hydrogen-bond donors (Lipinski definition) is 3. The summed E-state index contributed by atoms with van der Waals surface area (Å²) >= 11 is 5.55. The van der Waals surface area contributed by atoms with Gasteiger partial charge >= 0.3 is 0 Å². The van der Waals surface area contributed by atoms with Crippen molar-refractivity contribution in [3.8, 4) is 17.2 Å². The van der Waals surface area contributed by atoms with Crippen molar-refractivity contribution in [2.75, 3.05) is 5.32 Å². The normalized spacial score (nSPS) is 11.6. The fourth-order valence-electron chi connectivity index (χ4n) is 2.91. The largest absolute Gasteiger partial charge is 0.508 e. The van der Waals surface area contributed by atoms with Crippen molar-refractivity contribution in [3.63, 3.8) is 0 Å². The van der Waals surface area contributed by atoms with E-state index in [2.05, 4.69) is 71.2 Å². The first-order chi connectivity index (χ1) is 13.0. The van der Waals surface area contributed by atoms with Gasteiger partial charge in [0.15, 0.2) is 5.11 Å². The Labute approximate surface area is 174 Å². The summed E-state index contributed by atoms with van der Waals surface area (Å²) in [5.74, 6) is 2.27. The molecule has 4 nitrogen and oxygen atoms in total. The van der Waals surface area contributed by atoms with Crippen molar-refractivity contribution >= 4 is 23.0 Å². The monoisotopic (exact) mass is 400 g/mol. The van der Waals surface area contributed by atoms with E-state index in [9.17, 15) is 5.11 Å². The fraction of sp³-hybridized carbons (Fsp3) is 0.435. The molecule has 0 bridgehead atoms. The molecule has 28 heavy (non-hydrogen) atoms. The molecule has 0 radical (unpaired) electrons. The molecule has 0 atom stereocenters. The van der Waals surface area contributed by atoms with Crippen LogP contribution < -0.4 is 15.4 Å². The zero-order chi connectivity index (χ0) is 21.1. The molecule has 2 rings (SSSR count). The minimum Gasteiger partial charge on any atom is -0.508 e. The van der Waals surface area contributed by atoms with Crippen molar-refractivity contribution in [3.05, 3.63) is 47.5 Å². The van der Waals surface area contributed by atoms with E-state index in [1.54, 1.807) is 24.3 Å². The number of anilines is 1. The summed E-state index contributed by atoms with van der Waals surface area (Å²) in [6.07, 6.45) is 0. The Hall–Kier alpha value is -2.27. The second kappa shape index (κ2) is 8.82. The molecule has 0 unspecified atom stereocenters. The van der Waals surface area contributed by atoms with Crippen LogP contribution in [0.15, 0.2) is 36.4 Å². The molecule has 2 aromatic carbocycles. The van der Waals surface area contributed by atoms with Gasteiger partial charge in [0.2, 0.25) is 0 Å². The minimum atomic E-state index is -0.109. The Morgan fingerprint density at radius 2 is 1.43 bits per heavy atom. The van der Waals surface area contributed by atoms with Gasteiger partial charge in [-0.1, -0.05) is 27.7 Å². The molecule has 2 aromatic rings. The van der Waals surface area contributed by atoms with Crippen LogP contribution in [0.4, 0.5) is 5.69 Å². The van der Waals surface area contributed by atoms with Gasteiger partial charge in [-0.25, -0.2) is 0 Å². The number of nitrogens with one attached hydrogen (secondary N) is 2. The smallest absolute Gasteiger partial charge is 0.171 e. The van der Waals surface area contributed by atoms with Gasteiger partial charge < -0.3 is 20.5 Å². The predicted octanol–water partition coefficient (Wildman–Crippen LogP) is 6.52. The molecule has 0 aliphatic carbocycles. The van der Waals surface area contributed by atoms with Crippen LogP contribution in [0, 0.1) is 0 Å². The Kier molecular flexibility index (Phi) is 6.94. The van der Waals surface area contributed by atoms with Gasteiger partial charge in [0.1, 0.15) is 17.2 Å². The second-order valence-electron chi connectivity index (χ2n) is 8.71. The minimum absolute atomic E-state index is 0.109. The van der Waals surface area contributed by atoms with E-state index in [0.29, 0.717) is 22.7 Å². The molecule has 0 heterocycles. The molecular weight excluding hydrogens is 368 g/mol. The molecule has 152 valence electrons. The maximum absolute atomic E-state index is 9.48. The third kappa shape index (κ3) is 6.13. The van der Waals surface area contributed by atoms with Gasteiger partial charge in [0.25, 0.3) is 0 Å². The van der Waals surface area contributed by atoms with Crippen molar-refractivity contribution < 1.29 is 9.84 Å². The highest BCUT2D eigenvalue weighted by atomic mass is 32.1. The van der Waals surface area contributed by atoms with Crippen LogP contribution in [-0.2, 0) is 0 Å². The van der Waals surface area contributed by atoms with Crippen molar-refractivity contribution in [2.45, 2.75) is 65.8 Å². The Balaban J connectivity index is 2.43. The number of aromatic hydroxyl groups is 1. The highest BCUT2D eigenvalue weighted by Crippen LogP contribution is 2.38. The van der Waals surface area contributed by atoms with Crippen LogP contribution in [0.1, 0.15) is 71.4 Å². The van der Waals surface area contributed by atoms with Crippen LogP contribution in [0.3, 0.4) is 0 Å². The molecule has 0 saturated carbocycles. The lowest BCUT2D eigenvalue weighted by Crippen LogP contribution is -2.43. The van der Waals surface area contributed by atoms with E-state index in [1.807, 2.05) is 0 Å². The first kappa shape index (κ1) is 22.0. The van der Waals surface area contributed by atoms with Gasteiger partial charge in [-0.05, 0) is 92.4 Å². The van der Waals surface area contributed by atoms with Crippen LogP contribution in [0.2, 0.25) is 0 Å². The highest BCUT2D eigenvalue weighted by molar-refractivity contribution is 7.80. The molecular formula is C23H32N2O2S. The summed E-state index contributed by atoms with van der Waals surface area (Å²) in [5.41, 5.74) is 3.24. The van der Waals surface area contributed by atoms with E-state index >= 15 is 0 Å². The summed E-state index contributed by atoms with van der Waals surface area (Å²) in [4.78, 5) is 0. The quantitative estimate of drug-likeness (QED) is 0.499. The van der Waals surface area contributed by atoms with Crippen molar-refractivity contribution in [2.24, 2.45) is 0 Å². The van der Waals surface area contributed by atoms with Crippen molar-refractivity contribution in [1.29, 1.82) is 0 Å². The van der Waals surface area contributed by atoms with E-state index in [0.717, 1.165) is 22.6 Å². The molecule has 0 aliphatic rings. The standard InChI is InChI=1S/C23H32N2O2S/c1-14(2)19-12-18(27-17-10-8-16(26)9-11-17)13-20(15(3)4)21(19)24-22(28)25-23(5,6)7/h8-15,26H,1-7H3,(H2,24,25,28). The fourth-order valence-corrected chi connectivity index (χ4v) is 3.32. The van der Waals surface area contributed by atoms with Gasteiger partial charge in [0.05, 0.1) is 0 Å². The molecule has 0 fully saturated rings. The highest BCUT2D eigenvalue weighted by Gasteiger charge is 2.19. The zero-order valence-corrected chi connectivity index (χ0v) is 18.7. The maximum Gasteiger partial charge on any atom is 0.171 e. The number of phenolic OH excluding ortho intramolecular Hbond substituents is 1. The van der Waals surface area contributed by atoms with E-state index in [-0.39, 0.29) is 11.3 Å².